The molecule has 0 spiro atoms. The second-order valence-corrected chi connectivity index (χ2v) is 3.96. The molecule has 21 heavy (non-hydrogen) atoms. The third-order valence-corrected chi connectivity index (χ3v) is 2.57. The van der Waals surface area contributed by atoms with E-state index in [0.29, 0.717) is 4.90 Å². The van der Waals surface area contributed by atoms with Crippen molar-refractivity contribution in [3.05, 3.63) is 27.9 Å². The summed E-state index contributed by atoms with van der Waals surface area (Å²) in [5.74, 6) is -0.840. The van der Waals surface area contributed by atoms with Gasteiger partial charge in [0.05, 0.1) is 23.6 Å². The van der Waals surface area contributed by atoms with Crippen LogP contribution in [0.2, 0.25) is 0 Å². The number of nitrogens with zero attached hydrogens (tertiary/aromatic N) is 3. The van der Waals surface area contributed by atoms with Crippen LogP contribution in [0, 0.1) is 10.1 Å². The number of hydrogen-bond acceptors (Lipinski definition) is 6. The summed E-state index contributed by atoms with van der Waals surface area (Å²) in [6, 6.07) is 0.955. The SMILES string of the molecule is CNc1ncc([N+](=O)[O-])cc1C(=O)N(CCO)CC(F)F. The van der Waals surface area contributed by atoms with E-state index >= 15 is 0 Å². The summed E-state index contributed by atoms with van der Waals surface area (Å²) in [4.78, 5) is 26.6. The van der Waals surface area contributed by atoms with Gasteiger partial charge in [-0.2, -0.15) is 0 Å². The zero-order valence-corrected chi connectivity index (χ0v) is 11.1. The van der Waals surface area contributed by atoms with Crippen molar-refractivity contribution in [1.29, 1.82) is 0 Å². The lowest BCUT2D eigenvalue weighted by molar-refractivity contribution is -0.385. The van der Waals surface area contributed by atoms with Gasteiger partial charge >= 0.3 is 0 Å². The Bertz CT molecular complexity index is 527. The maximum absolute atomic E-state index is 12.5. The Morgan fingerprint density at radius 1 is 1.62 bits per heavy atom. The monoisotopic (exact) mass is 304 g/mol. The molecule has 0 aliphatic carbocycles. The van der Waals surface area contributed by atoms with Crippen LogP contribution in [-0.4, -0.2) is 59.0 Å². The predicted octanol–water partition coefficient (Wildman–Crippen LogP) is 0.731. The third-order valence-electron chi connectivity index (χ3n) is 2.57. The van der Waals surface area contributed by atoms with Crippen molar-refractivity contribution < 1.29 is 23.6 Å². The molecule has 0 radical (unpaired) electrons. The average Bonchev–Trinajstić information content (AvgIpc) is 2.44. The highest BCUT2D eigenvalue weighted by molar-refractivity contribution is 5.99. The van der Waals surface area contributed by atoms with Crippen LogP contribution in [0.15, 0.2) is 12.3 Å². The summed E-state index contributed by atoms with van der Waals surface area (Å²) in [6.07, 6.45) is -1.84. The minimum Gasteiger partial charge on any atom is -0.395 e. The molecule has 10 heteroatoms. The van der Waals surface area contributed by atoms with E-state index in [-0.39, 0.29) is 17.9 Å². The first-order valence-electron chi connectivity index (χ1n) is 5.91. The van der Waals surface area contributed by atoms with Crippen molar-refractivity contribution in [1.82, 2.24) is 9.88 Å². The Balaban J connectivity index is 3.17. The van der Waals surface area contributed by atoms with Gasteiger partial charge in [-0.25, -0.2) is 13.8 Å². The number of pyridine rings is 1. The summed E-state index contributed by atoms with van der Waals surface area (Å²) < 4.78 is 24.9. The number of amides is 1. The Morgan fingerprint density at radius 3 is 2.76 bits per heavy atom. The Kier molecular flexibility index (Phi) is 5.91. The lowest BCUT2D eigenvalue weighted by Gasteiger charge is -2.22. The largest absolute Gasteiger partial charge is 0.395 e. The molecule has 116 valence electrons. The summed E-state index contributed by atoms with van der Waals surface area (Å²) in [5.41, 5.74) is -0.640. The Hall–Kier alpha value is -2.36. The minimum atomic E-state index is -2.79. The predicted molar refractivity (Wildman–Crippen MR) is 69.4 cm³/mol. The number of alkyl halides is 2. The van der Waals surface area contributed by atoms with Crippen LogP contribution in [0.5, 0.6) is 0 Å². The highest BCUT2D eigenvalue weighted by Gasteiger charge is 2.24. The molecular weight excluding hydrogens is 290 g/mol. The van der Waals surface area contributed by atoms with Crippen LogP contribution in [0.4, 0.5) is 20.3 Å². The normalized spacial score (nSPS) is 10.5. The number of anilines is 1. The maximum Gasteiger partial charge on any atom is 0.288 e. The molecule has 0 aliphatic heterocycles. The first-order valence-corrected chi connectivity index (χ1v) is 5.91. The van der Waals surface area contributed by atoms with Crippen LogP contribution < -0.4 is 5.32 Å². The van der Waals surface area contributed by atoms with Gasteiger partial charge in [0.25, 0.3) is 18.0 Å². The molecule has 1 amide bonds. The standard InChI is InChI=1S/C11H14F2N4O4/c1-14-10-8(4-7(5-15-10)17(20)21)11(19)16(2-3-18)6-9(12)13/h4-5,9,18H,2-3,6H2,1H3,(H,14,15). The molecule has 0 aromatic carbocycles. The number of nitrogens with one attached hydrogen (secondary N) is 1. The van der Waals surface area contributed by atoms with Crippen molar-refractivity contribution in [2.75, 3.05) is 32.1 Å². The van der Waals surface area contributed by atoms with Crippen molar-refractivity contribution in [3.8, 4) is 0 Å². The van der Waals surface area contributed by atoms with E-state index < -0.39 is 36.1 Å². The molecule has 1 aromatic heterocycles. The molecule has 1 aromatic rings. The van der Waals surface area contributed by atoms with E-state index in [1.807, 2.05) is 0 Å². The third kappa shape index (κ3) is 4.31. The van der Waals surface area contributed by atoms with Gasteiger partial charge in [0.2, 0.25) is 0 Å². The van der Waals surface area contributed by atoms with Crippen LogP contribution in [0.1, 0.15) is 10.4 Å². The number of nitro groups is 1. The molecule has 0 saturated carbocycles. The number of aromatic nitrogens is 1. The molecule has 0 unspecified atom stereocenters. The zero-order valence-electron chi connectivity index (χ0n) is 11.1. The zero-order chi connectivity index (χ0) is 16.0. The average molecular weight is 304 g/mol. The van der Waals surface area contributed by atoms with Crippen LogP contribution in [-0.2, 0) is 0 Å². The van der Waals surface area contributed by atoms with E-state index in [9.17, 15) is 23.7 Å². The van der Waals surface area contributed by atoms with E-state index in [1.54, 1.807) is 0 Å². The number of aliphatic hydroxyl groups is 1. The molecule has 1 heterocycles. The van der Waals surface area contributed by atoms with Gasteiger partial charge in [-0.3, -0.25) is 14.9 Å². The lowest BCUT2D eigenvalue weighted by atomic mass is 10.2. The van der Waals surface area contributed by atoms with Crippen LogP contribution >= 0.6 is 0 Å². The molecule has 0 bridgehead atoms. The molecule has 1 rings (SSSR count). The fourth-order valence-corrected chi connectivity index (χ4v) is 1.65. The topological polar surface area (TPSA) is 109 Å². The van der Waals surface area contributed by atoms with E-state index in [2.05, 4.69) is 10.3 Å². The van der Waals surface area contributed by atoms with Crippen LogP contribution in [0.25, 0.3) is 0 Å². The molecular formula is C11H14F2N4O4. The molecule has 0 aliphatic rings. The number of aliphatic hydroxyl groups excluding tert-OH is 1. The summed E-state index contributed by atoms with van der Waals surface area (Å²) in [5, 5.41) is 22.1. The molecule has 0 saturated heterocycles. The van der Waals surface area contributed by atoms with E-state index in [0.717, 1.165) is 12.3 Å². The second kappa shape index (κ2) is 7.43. The molecule has 2 N–H and O–H groups in total. The first kappa shape index (κ1) is 16.7. The van der Waals surface area contributed by atoms with Crippen molar-refractivity contribution >= 4 is 17.4 Å². The quantitative estimate of drug-likeness (QED) is 0.568. The van der Waals surface area contributed by atoms with Gasteiger partial charge in [0.15, 0.2) is 0 Å². The summed E-state index contributed by atoms with van der Waals surface area (Å²) in [7, 11) is 1.44. The van der Waals surface area contributed by atoms with Gasteiger partial charge in [-0.1, -0.05) is 0 Å². The number of hydrogen-bond donors (Lipinski definition) is 2. The second-order valence-electron chi connectivity index (χ2n) is 3.96. The van der Waals surface area contributed by atoms with Gasteiger partial charge < -0.3 is 15.3 Å². The van der Waals surface area contributed by atoms with E-state index in [4.69, 9.17) is 5.11 Å². The summed E-state index contributed by atoms with van der Waals surface area (Å²) in [6.45, 7) is -1.70. The number of rotatable bonds is 7. The fraction of sp³-hybridized carbons (Fsp3) is 0.455. The van der Waals surface area contributed by atoms with Gasteiger partial charge in [0, 0.05) is 19.7 Å². The lowest BCUT2D eigenvalue weighted by Crippen LogP contribution is -2.37. The number of carbonyl (C=O) groups is 1. The molecule has 0 atom stereocenters. The van der Waals surface area contributed by atoms with Crippen molar-refractivity contribution in [3.63, 3.8) is 0 Å². The highest BCUT2D eigenvalue weighted by atomic mass is 19.3. The van der Waals surface area contributed by atoms with Crippen LogP contribution in [0.3, 0.4) is 0 Å². The molecule has 8 nitrogen and oxygen atoms in total. The Labute approximate surface area is 118 Å². The number of halogens is 2. The molecule has 0 fully saturated rings. The minimum absolute atomic E-state index is 0.0304. The van der Waals surface area contributed by atoms with Gasteiger partial charge in [-0.15, -0.1) is 0 Å². The smallest absolute Gasteiger partial charge is 0.288 e. The van der Waals surface area contributed by atoms with E-state index in [1.165, 1.54) is 7.05 Å². The van der Waals surface area contributed by atoms with Crippen molar-refractivity contribution in [2.24, 2.45) is 0 Å². The Morgan fingerprint density at radius 2 is 2.29 bits per heavy atom. The fourth-order valence-electron chi connectivity index (χ4n) is 1.65. The van der Waals surface area contributed by atoms with Gasteiger partial charge in [0.1, 0.15) is 12.0 Å². The highest BCUT2D eigenvalue weighted by Crippen LogP contribution is 2.20. The summed E-state index contributed by atoms with van der Waals surface area (Å²) >= 11 is 0. The van der Waals surface area contributed by atoms with Crippen molar-refractivity contribution in [2.45, 2.75) is 6.43 Å². The maximum atomic E-state index is 12.5. The van der Waals surface area contributed by atoms with Gasteiger partial charge in [-0.05, 0) is 0 Å². The number of carbonyl (C=O) groups excluding carboxylic acids is 1. The first-order chi connectivity index (χ1) is 9.90.